The molecule has 1 aliphatic carbocycles. The Morgan fingerprint density at radius 1 is 1.24 bits per heavy atom. The average Bonchev–Trinajstić information content (AvgIpc) is 2.99. The summed E-state index contributed by atoms with van der Waals surface area (Å²) in [6.07, 6.45) is -1.24. The van der Waals surface area contributed by atoms with Crippen LogP contribution in [0.4, 0.5) is 18.0 Å². The summed E-state index contributed by atoms with van der Waals surface area (Å²) in [7, 11) is 0. The van der Waals surface area contributed by atoms with E-state index < -0.39 is 11.9 Å². The highest BCUT2D eigenvalue weighted by molar-refractivity contribution is 5.79. The Kier molecular flexibility index (Phi) is 4.58. The molecular formula is C19H26F3N5O2. The molecule has 1 aromatic heterocycles. The maximum absolute atomic E-state index is 12.6. The standard InChI is InChI=1S/C19H26F3N5O2/c1-3-18(23-12(2)28)10-27(11-18)16(29)26-8-17(9-26)6-13(7-17)4-14-5-15(25-24-14)19(20,21)22/h5,13H,3-4,6-11H2,1-2H3,(H,23,28)(H,24,25). The van der Waals surface area contributed by atoms with Gasteiger partial charge < -0.3 is 15.1 Å². The Hall–Kier alpha value is -2.26. The van der Waals surface area contributed by atoms with Crippen molar-refractivity contribution < 1.29 is 22.8 Å². The maximum atomic E-state index is 12.6. The Labute approximate surface area is 167 Å². The molecule has 3 aliphatic rings. The van der Waals surface area contributed by atoms with Crippen molar-refractivity contribution in [3.8, 4) is 0 Å². The highest BCUT2D eigenvalue weighted by Crippen LogP contribution is 2.53. The van der Waals surface area contributed by atoms with Crippen molar-refractivity contribution in [3.63, 3.8) is 0 Å². The van der Waals surface area contributed by atoms with Gasteiger partial charge in [-0.05, 0) is 37.7 Å². The van der Waals surface area contributed by atoms with E-state index in [9.17, 15) is 22.8 Å². The minimum absolute atomic E-state index is 0.0110. The Morgan fingerprint density at radius 3 is 2.38 bits per heavy atom. The number of aromatic nitrogens is 2. The van der Waals surface area contributed by atoms with E-state index >= 15 is 0 Å². The number of hydrogen-bond acceptors (Lipinski definition) is 3. The molecule has 2 saturated heterocycles. The summed E-state index contributed by atoms with van der Waals surface area (Å²) in [5, 5.41) is 8.78. The zero-order chi connectivity index (χ0) is 21.0. The first-order valence-electron chi connectivity index (χ1n) is 9.97. The van der Waals surface area contributed by atoms with Crippen molar-refractivity contribution >= 4 is 11.9 Å². The number of likely N-dealkylation sites (tertiary alicyclic amines) is 2. The summed E-state index contributed by atoms with van der Waals surface area (Å²) < 4.78 is 37.9. The number of amides is 3. The van der Waals surface area contributed by atoms with Crippen molar-refractivity contribution in [1.29, 1.82) is 0 Å². The molecule has 1 spiro atoms. The zero-order valence-corrected chi connectivity index (χ0v) is 16.6. The van der Waals surface area contributed by atoms with E-state index in [1.165, 1.54) is 6.92 Å². The summed E-state index contributed by atoms with van der Waals surface area (Å²) in [6.45, 7) is 5.97. The molecule has 7 nitrogen and oxygen atoms in total. The summed E-state index contributed by atoms with van der Waals surface area (Å²) in [6, 6.07) is 1.09. The Bertz CT molecular complexity index is 801. The van der Waals surface area contributed by atoms with Crippen LogP contribution in [0.15, 0.2) is 6.07 Å². The van der Waals surface area contributed by atoms with E-state index in [1.54, 1.807) is 4.90 Å². The van der Waals surface area contributed by atoms with Gasteiger partial charge in [0, 0.05) is 44.2 Å². The molecule has 2 N–H and O–H groups in total. The van der Waals surface area contributed by atoms with Crippen LogP contribution in [0.5, 0.6) is 0 Å². The summed E-state index contributed by atoms with van der Waals surface area (Å²) in [4.78, 5) is 27.6. The van der Waals surface area contributed by atoms with Crippen molar-refractivity contribution in [2.24, 2.45) is 11.3 Å². The molecule has 0 unspecified atom stereocenters. The van der Waals surface area contributed by atoms with Gasteiger partial charge in [0.25, 0.3) is 0 Å². The van der Waals surface area contributed by atoms with Gasteiger partial charge in [-0.25, -0.2) is 4.79 Å². The predicted molar refractivity (Wildman–Crippen MR) is 97.8 cm³/mol. The lowest BCUT2D eigenvalue weighted by Gasteiger charge is -2.61. The second-order valence-corrected chi connectivity index (χ2v) is 9.06. The number of alkyl halides is 3. The van der Waals surface area contributed by atoms with Crippen molar-refractivity contribution in [1.82, 2.24) is 25.3 Å². The average molecular weight is 413 g/mol. The van der Waals surface area contributed by atoms with Crippen LogP contribution in [0.3, 0.4) is 0 Å². The largest absolute Gasteiger partial charge is 0.435 e. The van der Waals surface area contributed by atoms with E-state index in [0.29, 0.717) is 44.2 Å². The highest BCUT2D eigenvalue weighted by atomic mass is 19.4. The van der Waals surface area contributed by atoms with E-state index in [4.69, 9.17) is 0 Å². The Balaban J connectivity index is 1.21. The lowest BCUT2D eigenvalue weighted by Crippen LogP contribution is -2.74. The normalized spacial score (nSPS) is 22.7. The minimum Gasteiger partial charge on any atom is -0.347 e. The van der Waals surface area contributed by atoms with Crippen LogP contribution in [0.25, 0.3) is 0 Å². The molecule has 0 bridgehead atoms. The van der Waals surface area contributed by atoms with Gasteiger partial charge in [-0.15, -0.1) is 0 Å². The first-order valence-corrected chi connectivity index (χ1v) is 9.97. The van der Waals surface area contributed by atoms with Crippen molar-refractivity contribution in [2.45, 2.75) is 51.2 Å². The second kappa shape index (κ2) is 6.63. The summed E-state index contributed by atoms with van der Waals surface area (Å²) >= 11 is 0. The highest BCUT2D eigenvalue weighted by Gasteiger charge is 2.55. The quantitative estimate of drug-likeness (QED) is 0.796. The monoisotopic (exact) mass is 413 g/mol. The molecule has 2 aliphatic heterocycles. The summed E-state index contributed by atoms with van der Waals surface area (Å²) in [5.41, 5.74) is -0.541. The lowest BCUT2D eigenvalue weighted by atomic mass is 9.57. The molecule has 4 rings (SSSR count). The molecule has 10 heteroatoms. The smallest absolute Gasteiger partial charge is 0.347 e. The molecule has 0 radical (unpaired) electrons. The van der Waals surface area contributed by atoms with Gasteiger partial charge in [-0.1, -0.05) is 6.92 Å². The van der Waals surface area contributed by atoms with Crippen LogP contribution in [0, 0.1) is 11.3 Å². The number of carbonyl (C=O) groups is 2. The van der Waals surface area contributed by atoms with E-state index in [-0.39, 0.29) is 22.9 Å². The van der Waals surface area contributed by atoms with Crippen LogP contribution < -0.4 is 5.32 Å². The molecule has 29 heavy (non-hydrogen) atoms. The van der Waals surface area contributed by atoms with Gasteiger partial charge >= 0.3 is 12.2 Å². The molecule has 3 heterocycles. The number of nitrogens with zero attached hydrogens (tertiary/aromatic N) is 3. The second-order valence-electron chi connectivity index (χ2n) is 9.06. The van der Waals surface area contributed by atoms with Crippen LogP contribution in [-0.2, 0) is 17.4 Å². The SMILES string of the molecule is CCC1(NC(C)=O)CN(C(=O)N2CC3(CC(Cc4cc(C(F)(F)F)n[nH]4)C3)C2)C1. The zero-order valence-electron chi connectivity index (χ0n) is 16.6. The number of rotatable bonds is 4. The van der Waals surface area contributed by atoms with Crippen LogP contribution in [-0.4, -0.2) is 63.7 Å². The topological polar surface area (TPSA) is 81.3 Å². The molecule has 1 aromatic rings. The van der Waals surface area contributed by atoms with Crippen LogP contribution in [0.1, 0.15) is 44.5 Å². The van der Waals surface area contributed by atoms with Gasteiger partial charge in [0.2, 0.25) is 5.91 Å². The van der Waals surface area contributed by atoms with Gasteiger partial charge in [0.15, 0.2) is 5.69 Å². The molecule has 3 amide bonds. The summed E-state index contributed by atoms with van der Waals surface area (Å²) in [5.74, 6) is 0.243. The molecule has 160 valence electrons. The molecule has 0 aromatic carbocycles. The van der Waals surface area contributed by atoms with Gasteiger partial charge in [-0.3, -0.25) is 9.89 Å². The van der Waals surface area contributed by atoms with Gasteiger partial charge in [-0.2, -0.15) is 18.3 Å². The van der Waals surface area contributed by atoms with E-state index in [2.05, 4.69) is 15.5 Å². The number of H-pyrrole nitrogens is 1. The first-order chi connectivity index (χ1) is 13.5. The number of halogens is 3. The predicted octanol–water partition coefficient (Wildman–Crippen LogP) is 2.40. The van der Waals surface area contributed by atoms with Gasteiger partial charge in [0.1, 0.15) is 0 Å². The van der Waals surface area contributed by atoms with Crippen molar-refractivity contribution in [3.05, 3.63) is 17.5 Å². The van der Waals surface area contributed by atoms with Crippen LogP contribution in [0.2, 0.25) is 0 Å². The fourth-order valence-corrected chi connectivity index (χ4v) is 5.17. The number of carbonyl (C=O) groups excluding carboxylic acids is 2. The molecular weight excluding hydrogens is 387 g/mol. The van der Waals surface area contributed by atoms with Crippen LogP contribution >= 0.6 is 0 Å². The number of aromatic amines is 1. The minimum atomic E-state index is -4.42. The maximum Gasteiger partial charge on any atom is 0.435 e. The third kappa shape index (κ3) is 3.69. The van der Waals surface area contributed by atoms with Gasteiger partial charge in [0.05, 0.1) is 5.54 Å². The number of urea groups is 1. The fourth-order valence-electron chi connectivity index (χ4n) is 5.17. The van der Waals surface area contributed by atoms with E-state index in [1.807, 2.05) is 11.8 Å². The van der Waals surface area contributed by atoms with Crippen molar-refractivity contribution in [2.75, 3.05) is 26.2 Å². The number of nitrogens with one attached hydrogen (secondary N) is 2. The molecule has 1 saturated carbocycles. The molecule has 3 fully saturated rings. The molecule has 0 atom stereocenters. The number of hydrogen-bond donors (Lipinski definition) is 2. The third-order valence-corrected chi connectivity index (χ3v) is 6.57. The fraction of sp³-hybridized carbons (Fsp3) is 0.737. The Morgan fingerprint density at radius 2 is 1.86 bits per heavy atom. The third-order valence-electron chi connectivity index (χ3n) is 6.57. The first kappa shape index (κ1) is 20.0. The lowest BCUT2D eigenvalue weighted by molar-refractivity contribution is -0.141. The van der Waals surface area contributed by atoms with E-state index in [0.717, 1.165) is 25.3 Å².